The number of nitro benzene ring substituents is 1. The van der Waals surface area contributed by atoms with E-state index in [0.717, 1.165) is 18.1 Å². The maximum Gasteiger partial charge on any atom is 0.272 e. The number of nitro groups is 1. The van der Waals surface area contributed by atoms with Crippen LogP contribution in [0.15, 0.2) is 42.5 Å². The van der Waals surface area contributed by atoms with E-state index in [-0.39, 0.29) is 5.69 Å². The lowest BCUT2D eigenvalue weighted by Crippen LogP contribution is -2.37. The third kappa shape index (κ3) is 2.42. The van der Waals surface area contributed by atoms with Gasteiger partial charge in [0.15, 0.2) is 12.0 Å². The van der Waals surface area contributed by atoms with Crippen LogP contribution in [0.1, 0.15) is 17.4 Å². The molecule has 0 saturated heterocycles. The molecule has 22 heavy (non-hydrogen) atoms. The monoisotopic (exact) mass is 302 g/mol. The van der Waals surface area contributed by atoms with E-state index in [1.807, 2.05) is 24.3 Å². The molecule has 1 aliphatic rings. The molecule has 114 valence electrons. The highest BCUT2D eigenvalue weighted by atomic mass is 19.1. The van der Waals surface area contributed by atoms with E-state index in [2.05, 4.69) is 0 Å². The van der Waals surface area contributed by atoms with Crippen LogP contribution in [0, 0.1) is 15.9 Å². The van der Waals surface area contributed by atoms with Crippen LogP contribution in [-0.4, -0.2) is 18.6 Å². The van der Waals surface area contributed by atoms with Gasteiger partial charge >= 0.3 is 0 Å². The molecule has 1 atom stereocenters. The normalized spacial score (nSPS) is 17.2. The first-order valence-corrected chi connectivity index (χ1v) is 6.93. The van der Waals surface area contributed by atoms with Crippen molar-refractivity contribution in [2.45, 2.75) is 12.6 Å². The minimum Gasteiger partial charge on any atom is -0.357 e. The number of fused-ring (bicyclic) bond motifs is 1. The zero-order valence-electron chi connectivity index (χ0n) is 12.0. The average molecular weight is 302 g/mol. The molecule has 0 fully saturated rings. The summed E-state index contributed by atoms with van der Waals surface area (Å²) in [6, 6.07) is 11.6. The van der Waals surface area contributed by atoms with Gasteiger partial charge in [0.05, 0.1) is 16.7 Å². The molecule has 0 amide bonds. The Labute approximate surface area is 127 Å². The first-order valence-electron chi connectivity index (χ1n) is 6.93. The third-order valence-electron chi connectivity index (χ3n) is 3.90. The SMILES string of the molecule is COC1c2ccccc2CCN1c1ccc([N+](=O)[O-])cc1F. The molecule has 3 rings (SSSR count). The van der Waals surface area contributed by atoms with Crippen molar-refractivity contribution in [2.24, 2.45) is 0 Å². The van der Waals surface area contributed by atoms with Crippen molar-refractivity contribution in [3.8, 4) is 0 Å². The second kappa shape index (κ2) is 5.73. The number of rotatable bonds is 3. The van der Waals surface area contributed by atoms with Crippen LogP contribution in [0.25, 0.3) is 0 Å². The van der Waals surface area contributed by atoms with E-state index in [4.69, 9.17) is 4.74 Å². The van der Waals surface area contributed by atoms with Gasteiger partial charge in [-0.2, -0.15) is 0 Å². The van der Waals surface area contributed by atoms with Crippen LogP contribution in [0.2, 0.25) is 0 Å². The Morgan fingerprint density at radius 3 is 2.77 bits per heavy atom. The molecule has 2 aromatic rings. The molecule has 0 bridgehead atoms. The highest BCUT2D eigenvalue weighted by Crippen LogP contribution is 2.36. The van der Waals surface area contributed by atoms with Crippen molar-refractivity contribution in [2.75, 3.05) is 18.6 Å². The first kappa shape index (κ1) is 14.5. The molecule has 0 N–H and O–H groups in total. The smallest absolute Gasteiger partial charge is 0.272 e. The van der Waals surface area contributed by atoms with Crippen molar-refractivity contribution in [3.05, 3.63) is 69.5 Å². The molecule has 1 aliphatic heterocycles. The Bertz CT molecular complexity index is 720. The van der Waals surface area contributed by atoms with E-state index in [0.29, 0.717) is 12.2 Å². The molecule has 1 heterocycles. The van der Waals surface area contributed by atoms with Gasteiger partial charge in [-0.25, -0.2) is 4.39 Å². The summed E-state index contributed by atoms with van der Waals surface area (Å²) in [6.07, 6.45) is 0.368. The lowest BCUT2D eigenvalue weighted by Gasteiger charge is -2.37. The number of methoxy groups -OCH3 is 1. The van der Waals surface area contributed by atoms with E-state index >= 15 is 0 Å². The van der Waals surface area contributed by atoms with E-state index < -0.39 is 17.0 Å². The van der Waals surface area contributed by atoms with Gasteiger partial charge in [-0.15, -0.1) is 0 Å². The zero-order chi connectivity index (χ0) is 15.7. The minimum atomic E-state index is -0.615. The first-order chi connectivity index (χ1) is 10.6. The summed E-state index contributed by atoms with van der Waals surface area (Å²) in [5, 5.41) is 10.7. The molecule has 0 aromatic heterocycles. The number of nitrogens with zero attached hydrogens (tertiary/aromatic N) is 2. The van der Waals surface area contributed by atoms with Crippen molar-refractivity contribution >= 4 is 11.4 Å². The molecule has 0 radical (unpaired) electrons. The summed E-state index contributed by atoms with van der Waals surface area (Å²) < 4.78 is 19.8. The fraction of sp³-hybridized carbons (Fsp3) is 0.250. The molecule has 5 nitrogen and oxygen atoms in total. The van der Waals surface area contributed by atoms with Crippen molar-refractivity contribution < 1.29 is 14.1 Å². The molecule has 6 heteroatoms. The molecular weight excluding hydrogens is 287 g/mol. The topological polar surface area (TPSA) is 55.6 Å². The van der Waals surface area contributed by atoms with Gasteiger partial charge in [-0.05, 0) is 18.1 Å². The van der Waals surface area contributed by atoms with Crippen molar-refractivity contribution in [3.63, 3.8) is 0 Å². The van der Waals surface area contributed by atoms with Crippen LogP contribution >= 0.6 is 0 Å². The van der Waals surface area contributed by atoms with Gasteiger partial charge in [0.25, 0.3) is 5.69 Å². The average Bonchev–Trinajstić information content (AvgIpc) is 2.53. The Kier molecular flexibility index (Phi) is 3.77. The summed E-state index contributed by atoms with van der Waals surface area (Å²) in [6.45, 7) is 0.588. The number of hydrogen-bond donors (Lipinski definition) is 0. The molecule has 0 aliphatic carbocycles. The van der Waals surface area contributed by atoms with Gasteiger partial charge in [0.2, 0.25) is 0 Å². The number of non-ortho nitro benzene ring substituents is 1. The Balaban J connectivity index is 2.00. The fourth-order valence-corrected chi connectivity index (χ4v) is 2.87. The standard InChI is InChI=1S/C16H15FN2O3/c1-22-16-13-5-3-2-4-11(13)8-9-18(16)15-7-6-12(19(20)21)10-14(15)17/h2-7,10,16H,8-9H2,1H3. The number of anilines is 1. The predicted molar refractivity (Wildman–Crippen MR) is 80.3 cm³/mol. The Morgan fingerprint density at radius 1 is 1.32 bits per heavy atom. The molecule has 0 saturated carbocycles. The van der Waals surface area contributed by atoms with Crippen molar-refractivity contribution in [1.82, 2.24) is 0 Å². The van der Waals surface area contributed by atoms with E-state index in [1.54, 1.807) is 12.0 Å². The summed E-state index contributed by atoms with van der Waals surface area (Å²) >= 11 is 0. The van der Waals surface area contributed by atoms with Crippen LogP contribution in [0.4, 0.5) is 15.8 Å². The van der Waals surface area contributed by atoms with Crippen LogP contribution < -0.4 is 4.90 Å². The van der Waals surface area contributed by atoms with E-state index in [1.165, 1.54) is 17.7 Å². The largest absolute Gasteiger partial charge is 0.357 e. The summed E-state index contributed by atoms with van der Waals surface area (Å²) in [4.78, 5) is 11.9. The van der Waals surface area contributed by atoms with Crippen LogP contribution in [0.3, 0.4) is 0 Å². The summed E-state index contributed by atoms with van der Waals surface area (Å²) in [5.74, 6) is -0.615. The van der Waals surface area contributed by atoms with Gasteiger partial charge in [0.1, 0.15) is 0 Å². The van der Waals surface area contributed by atoms with Crippen LogP contribution in [0.5, 0.6) is 0 Å². The fourth-order valence-electron chi connectivity index (χ4n) is 2.87. The van der Waals surface area contributed by atoms with Crippen molar-refractivity contribution in [1.29, 1.82) is 0 Å². The maximum atomic E-state index is 14.3. The molecule has 0 spiro atoms. The quantitative estimate of drug-likeness (QED) is 0.644. The Morgan fingerprint density at radius 2 is 2.09 bits per heavy atom. The Hall–Kier alpha value is -2.47. The summed E-state index contributed by atoms with van der Waals surface area (Å²) in [5.41, 5.74) is 2.22. The van der Waals surface area contributed by atoms with Gasteiger partial charge in [-0.1, -0.05) is 24.3 Å². The lowest BCUT2D eigenvalue weighted by atomic mass is 9.97. The van der Waals surface area contributed by atoms with E-state index in [9.17, 15) is 14.5 Å². The molecular formula is C16H15FN2O3. The number of ether oxygens (including phenoxy) is 1. The number of benzene rings is 2. The zero-order valence-corrected chi connectivity index (χ0v) is 12.0. The summed E-state index contributed by atoms with van der Waals surface area (Å²) in [7, 11) is 1.57. The number of hydrogen-bond acceptors (Lipinski definition) is 4. The number of halogens is 1. The predicted octanol–water partition coefficient (Wildman–Crippen LogP) is 3.44. The van der Waals surface area contributed by atoms with Crippen LogP contribution in [-0.2, 0) is 11.2 Å². The van der Waals surface area contributed by atoms with Gasteiger partial charge in [-0.3, -0.25) is 10.1 Å². The molecule has 1 unspecified atom stereocenters. The lowest BCUT2D eigenvalue weighted by molar-refractivity contribution is -0.385. The highest BCUT2D eigenvalue weighted by molar-refractivity contribution is 5.55. The third-order valence-corrected chi connectivity index (χ3v) is 3.90. The molecule has 2 aromatic carbocycles. The van der Waals surface area contributed by atoms with Gasteiger partial charge < -0.3 is 9.64 Å². The second-order valence-electron chi connectivity index (χ2n) is 5.12. The highest BCUT2D eigenvalue weighted by Gasteiger charge is 2.29. The second-order valence-corrected chi connectivity index (χ2v) is 5.12. The van der Waals surface area contributed by atoms with Gasteiger partial charge in [0, 0.05) is 25.3 Å². The minimum absolute atomic E-state index is 0.257. The maximum absolute atomic E-state index is 14.3.